The number of halogens is 1. The maximum atomic E-state index is 15.6. The molecule has 2 fully saturated rings. The predicted molar refractivity (Wildman–Crippen MR) is 167 cm³/mol. The third-order valence-corrected chi connectivity index (χ3v) is 8.43. The number of anilines is 1. The molecule has 2 aliphatic heterocycles. The molecule has 2 aromatic carbocycles. The Kier molecular flexibility index (Phi) is 8.47. The van der Waals surface area contributed by atoms with E-state index in [4.69, 9.17) is 20.3 Å². The number of benzene rings is 2. The number of para-hydroxylation sites is 1. The van der Waals surface area contributed by atoms with Crippen LogP contribution in [0.15, 0.2) is 66.5 Å². The van der Waals surface area contributed by atoms with Crippen LogP contribution in [-0.4, -0.2) is 79.9 Å². The van der Waals surface area contributed by atoms with Crippen LogP contribution < -0.4 is 10.5 Å². The van der Waals surface area contributed by atoms with E-state index < -0.39 is 11.4 Å². The maximum absolute atomic E-state index is 15.6. The first kappa shape index (κ1) is 30.2. The number of rotatable bonds is 8. The second-order valence-corrected chi connectivity index (χ2v) is 11.8. The van der Waals surface area contributed by atoms with Gasteiger partial charge < -0.3 is 20.1 Å². The number of likely N-dealkylation sites (tertiary alicyclic amines) is 1. The Morgan fingerprint density at radius 3 is 2.67 bits per heavy atom. The molecular weight excluding hydrogens is 575 g/mol. The molecule has 1 amide bonds. The van der Waals surface area contributed by atoms with Crippen molar-refractivity contribution in [2.75, 3.05) is 38.6 Å². The number of aromatic nitrogens is 4. The third-order valence-electron chi connectivity index (χ3n) is 8.43. The first-order valence-corrected chi connectivity index (χ1v) is 15.0. The topological polar surface area (TPSA) is 135 Å². The Hall–Kier alpha value is -4.86. The van der Waals surface area contributed by atoms with Gasteiger partial charge in [0.15, 0.2) is 5.65 Å². The first-order chi connectivity index (χ1) is 21.7. The summed E-state index contributed by atoms with van der Waals surface area (Å²) in [7, 11) is 0. The molecule has 11 nitrogen and oxygen atoms in total. The Morgan fingerprint density at radius 1 is 1.16 bits per heavy atom. The molecule has 0 radical (unpaired) electrons. The summed E-state index contributed by atoms with van der Waals surface area (Å²) < 4.78 is 28.5. The zero-order valence-electron chi connectivity index (χ0n) is 25.3. The van der Waals surface area contributed by atoms with E-state index in [1.165, 1.54) is 12.4 Å². The highest BCUT2D eigenvalue weighted by atomic mass is 19.1. The van der Waals surface area contributed by atoms with Gasteiger partial charge in [-0.15, -0.1) is 0 Å². The molecule has 0 saturated carbocycles. The molecule has 232 valence electrons. The minimum absolute atomic E-state index is 0.107. The van der Waals surface area contributed by atoms with Gasteiger partial charge in [-0.2, -0.15) is 10.4 Å². The quantitative estimate of drug-likeness (QED) is 0.225. The van der Waals surface area contributed by atoms with E-state index in [1.54, 1.807) is 39.9 Å². The van der Waals surface area contributed by atoms with Gasteiger partial charge >= 0.3 is 0 Å². The lowest BCUT2D eigenvalue weighted by Crippen LogP contribution is -2.49. The summed E-state index contributed by atoms with van der Waals surface area (Å²) in [4.78, 5) is 26.3. The summed E-state index contributed by atoms with van der Waals surface area (Å²) in [5.74, 6) is 0.250. The monoisotopic (exact) mass is 610 g/mol. The summed E-state index contributed by atoms with van der Waals surface area (Å²) in [6.07, 6.45) is 4.60. The average molecular weight is 611 g/mol. The van der Waals surface area contributed by atoms with Crippen LogP contribution in [0.1, 0.15) is 26.7 Å². The number of ether oxygens (including phenoxy) is 2. The summed E-state index contributed by atoms with van der Waals surface area (Å²) in [5.41, 5.74) is 6.85. The normalized spacial score (nSPS) is 17.9. The second kappa shape index (κ2) is 12.6. The number of fused-ring (bicyclic) bond motifs is 1. The van der Waals surface area contributed by atoms with E-state index in [2.05, 4.69) is 20.9 Å². The van der Waals surface area contributed by atoms with Crippen LogP contribution in [0.5, 0.6) is 11.5 Å². The van der Waals surface area contributed by atoms with Gasteiger partial charge in [-0.25, -0.2) is 19.0 Å². The summed E-state index contributed by atoms with van der Waals surface area (Å²) in [6, 6.07) is 15.6. The van der Waals surface area contributed by atoms with Crippen LogP contribution >= 0.6 is 0 Å². The van der Waals surface area contributed by atoms with Crippen molar-refractivity contribution < 1.29 is 18.7 Å². The Bertz CT molecular complexity index is 1780. The second-order valence-electron chi connectivity index (χ2n) is 11.8. The highest BCUT2D eigenvalue weighted by Gasteiger charge is 2.34. The molecule has 45 heavy (non-hydrogen) atoms. The lowest BCUT2D eigenvalue weighted by atomic mass is 9.97. The molecule has 4 aromatic rings. The predicted octanol–water partition coefficient (Wildman–Crippen LogP) is 4.56. The summed E-state index contributed by atoms with van der Waals surface area (Å²) in [5, 5.41) is 15.2. The number of hydrogen-bond donors (Lipinski definition) is 1. The molecule has 2 N–H and O–H groups in total. The number of carbonyl (C=O) groups excluding carboxylic acids is 1. The van der Waals surface area contributed by atoms with Crippen molar-refractivity contribution in [1.82, 2.24) is 29.5 Å². The molecule has 2 aliphatic rings. The maximum Gasteiger partial charge on any atom is 0.264 e. The molecular formula is C33H35FN8O3. The molecule has 12 heteroatoms. The van der Waals surface area contributed by atoms with E-state index in [-0.39, 0.29) is 28.9 Å². The number of carbonyl (C=O) groups is 1. The van der Waals surface area contributed by atoms with Crippen LogP contribution in [0.2, 0.25) is 0 Å². The van der Waals surface area contributed by atoms with Crippen molar-refractivity contribution >= 4 is 22.8 Å². The third kappa shape index (κ3) is 6.22. The largest absolute Gasteiger partial charge is 0.457 e. The van der Waals surface area contributed by atoms with Crippen LogP contribution in [0.3, 0.4) is 0 Å². The highest BCUT2D eigenvalue weighted by molar-refractivity contribution is 5.99. The Balaban J connectivity index is 1.28. The fourth-order valence-corrected chi connectivity index (χ4v) is 6.10. The van der Waals surface area contributed by atoms with Crippen molar-refractivity contribution in [3.8, 4) is 28.8 Å². The Morgan fingerprint density at radius 2 is 1.93 bits per heavy atom. The summed E-state index contributed by atoms with van der Waals surface area (Å²) >= 11 is 0. The van der Waals surface area contributed by atoms with Gasteiger partial charge in [-0.3, -0.25) is 9.69 Å². The molecule has 0 spiro atoms. The minimum Gasteiger partial charge on any atom is -0.457 e. The molecule has 1 atom stereocenters. The molecule has 6 rings (SSSR count). The van der Waals surface area contributed by atoms with Crippen LogP contribution in [-0.2, 0) is 16.1 Å². The van der Waals surface area contributed by atoms with Gasteiger partial charge in [-0.1, -0.05) is 18.2 Å². The number of nitrogens with two attached hydrogens (primary N) is 1. The zero-order valence-corrected chi connectivity index (χ0v) is 25.3. The van der Waals surface area contributed by atoms with Crippen molar-refractivity contribution in [2.24, 2.45) is 0 Å². The lowest BCUT2D eigenvalue weighted by molar-refractivity contribution is -0.127. The van der Waals surface area contributed by atoms with E-state index in [9.17, 15) is 10.1 Å². The SMILES string of the molecule is CC(C)(/C=C(/C#N)C(=O)N1CCC[C@@H]1Cn1nc(-c2ccc(Oc3ccccc3)cc2F)c2c(N)ncnc21)N1CCOCC1. The minimum atomic E-state index is -0.539. The molecule has 0 aliphatic carbocycles. The van der Waals surface area contributed by atoms with Crippen LogP contribution in [0.25, 0.3) is 22.3 Å². The number of amides is 1. The lowest BCUT2D eigenvalue weighted by Gasteiger charge is -2.39. The fourth-order valence-electron chi connectivity index (χ4n) is 6.10. The van der Waals surface area contributed by atoms with E-state index in [0.717, 1.165) is 19.5 Å². The smallest absolute Gasteiger partial charge is 0.264 e. The van der Waals surface area contributed by atoms with Crippen molar-refractivity contribution in [3.05, 3.63) is 72.3 Å². The van der Waals surface area contributed by atoms with Gasteiger partial charge in [-0.05, 0) is 57.0 Å². The van der Waals surface area contributed by atoms with Gasteiger partial charge in [0.25, 0.3) is 5.91 Å². The molecule has 0 bridgehead atoms. The number of nitrogen functional groups attached to an aromatic ring is 1. The Labute approximate surface area is 260 Å². The zero-order chi connectivity index (χ0) is 31.6. The molecule has 4 heterocycles. The van der Waals surface area contributed by atoms with Crippen LogP contribution in [0.4, 0.5) is 10.2 Å². The first-order valence-electron chi connectivity index (χ1n) is 15.0. The standard InChI is InChI=1S/C33H35FN8O3/c1-33(2,40-13-15-44-16-14-40)18-22(19-35)32(43)41-12-6-7-23(41)20-42-31-28(30(36)37-21-38-31)29(39-42)26-11-10-25(17-27(26)34)45-24-8-4-3-5-9-24/h3-5,8-11,17-18,21,23H,6-7,12-16,20H2,1-2H3,(H2,36,37,38)/b22-18-/t23-/m1/s1. The average Bonchev–Trinajstić information content (AvgIpc) is 3.66. The van der Waals surface area contributed by atoms with Gasteiger partial charge in [0, 0.05) is 36.8 Å². The van der Waals surface area contributed by atoms with Crippen molar-refractivity contribution in [3.63, 3.8) is 0 Å². The number of nitriles is 1. The highest BCUT2D eigenvalue weighted by Crippen LogP contribution is 2.35. The molecule has 0 unspecified atom stereocenters. The number of morpholine rings is 1. The fraction of sp³-hybridized carbons (Fsp3) is 0.364. The van der Waals surface area contributed by atoms with E-state index >= 15 is 4.39 Å². The van der Waals surface area contributed by atoms with Crippen molar-refractivity contribution in [1.29, 1.82) is 5.26 Å². The molecule has 2 aromatic heterocycles. The van der Waals surface area contributed by atoms with E-state index in [1.807, 2.05) is 32.0 Å². The van der Waals surface area contributed by atoms with Gasteiger partial charge in [0.05, 0.1) is 31.2 Å². The van der Waals surface area contributed by atoms with Gasteiger partial charge in [0.1, 0.15) is 46.8 Å². The van der Waals surface area contributed by atoms with Crippen molar-refractivity contribution in [2.45, 2.75) is 44.8 Å². The van der Waals surface area contributed by atoms with Crippen LogP contribution in [0, 0.1) is 17.1 Å². The van der Waals surface area contributed by atoms with Gasteiger partial charge in [0.2, 0.25) is 0 Å². The van der Waals surface area contributed by atoms with E-state index in [0.29, 0.717) is 61.0 Å². The summed E-state index contributed by atoms with van der Waals surface area (Å²) in [6.45, 7) is 7.51. The number of hydrogen-bond acceptors (Lipinski definition) is 9. The number of nitrogens with zero attached hydrogens (tertiary/aromatic N) is 7. The molecule has 2 saturated heterocycles.